The average Bonchev–Trinajstić information content (AvgIpc) is 3.17. The van der Waals surface area contributed by atoms with E-state index in [0.29, 0.717) is 23.9 Å². The van der Waals surface area contributed by atoms with Crippen LogP contribution in [0.4, 0.5) is 26.4 Å². The summed E-state index contributed by atoms with van der Waals surface area (Å²) in [7, 11) is 4.05. The smallest absolute Gasteiger partial charge is 0.323 e. The quantitative estimate of drug-likeness (QED) is 0.310. The summed E-state index contributed by atoms with van der Waals surface area (Å²) in [5.41, 5.74) is 9.23. The van der Waals surface area contributed by atoms with E-state index in [1.165, 1.54) is 6.07 Å². The third-order valence-corrected chi connectivity index (χ3v) is 5.44. The zero-order valence-electron chi connectivity index (χ0n) is 20.0. The number of nitrogens with two attached hydrogens (primary N) is 1. The minimum Gasteiger partial charge on any atom is -0.491 e. The van der Waals surface area contributed by atoms with Gasteiger partial charge < -0.3 is 26.0 Å². The summed E-state index contributed by atoms with van der Waals surface area (Å²) in [4.78, 5) is 14.5. The fourth-order valence-electron chi connectivity index (χ4n) is 3.73. The number of nitrogens with one attached hydrogen (secondary N) is 2. The number of carbonyl (C=O) groups is 1. The molecule has 0 fully saturated rings. The van der Waals surface area contributed by atoms with E-state index < -0.39 is 11.8 Å². The van der Waals surface area contributed by atoms with E-state index in [-0.39, 0.29) is 5.69 Å². The molecule has 0 aliphatic carbocycles. The van der Waals surface area contributed by atoms with Gasteiger partial charge >= 0.3 is 6.03 Å². The first-order valence-electron chi connectivity index (χ1n) is 11.3. The van der Waals surface area contributed by atoms with E-state index in [4.69, 9.17) is 10.5 Å². The van der Waals surface area contributed by atoms with E-state index in [1.54, 1.807) is 28.9 Å². The minimum absolute atomic E-state index is 0.121. The topological polar surface area (TPSA) is 97.4 Å². The number of ether oxygens (including phenoxy) is 1. The number of anilines is 3. The maximum absolute atomic E-state index is 13.9. The van der Waals surface area contributed by atoms with Gasteiger partial charge in [-0.1, -0.05) is 12.1 Å². The van der Waals surface area contributed by atoms with Gasteiger partial charge in [-0.15, -0.1) is 5.10 Å². The largest absolute Gasteiger partial charge is 0.491 e. The molecule has 3 aromatic carbocycles. The number of para-hydroxylation sites is 1. The number of hydrogen-bond acceptors (Lipinski definition) is 5. The molecule has 0 bridgehead atoms. The maximum atomic E-state index is 13.9. The molecule has 9 heteroatoms. The van der Waals surface area contributed by atoms with Crippen LogP contribution in [0, 0.1) is 12.7 Å². The predicted molar refractivity (Wildman–Crippen MR) is 138 cm³/mol. The Bertz CT molecular complexity index is 1330. The molecule has 0 atom stereocenters. The molecule has 4 N–H and O–H groups in total. The van der Waals surface area contributed by atoms with Crippen LogP contribution in [0.15, 0.2) is 60.7 Å². The molecule has 182 valence electrons. The highest BCUT2D eigenvalue weighted by Crippen LogP contribution is 2.32. The first kappa shape index (κ1) is 24.0. The van der Waals surface area contributed by atoms with Crippen molar-refractivity contribution in [2.75, 3.05) is 43.6 Å². The number of benzene rings is 3. The van der Waals surface area contributed by atoms with Crippen LogP contribution in [0.2, 0.25) is 0 Å². The molecular formula is C26H29FN6O2. The molecular weight excluding hydrogens is 447 g/mol. The Balaban J connectivity index is 1.51. The Morgan fingerprint density at radius 2 is 1.89 bits per heavy atom. The summed E-state index contributed by atoms with van der Waals surface area (Å²) in [5, 5.41) is 10.6. The summed E-state index contributed by atoms with van der Waals surface area (Å²) in [6, 6.07) is 16.8. The van der Waals surface area contributed by atoms with Crippen molar-refractivity contribution in [3.8, 4) is 11.4 Å². The highest BCUT2D eigenvalue weighted by molar-refractivity contribution is 6.00. The normalized spacial score (nSPS) is 11.1. The lowest BCUT2D eigenvalue weighted by Crippen LogP contribution is -2.20. The Morgan fingerprint density at radius 3 is 2.63 bits per heavy atom. The summed E-state index contributed by atoms with van der Waals surface area (Å²) >= 11 is 0. The molecule has 1 aromatic heterocycles. The van der Waals surface area contributed by atoms with Crippen molar-refractivity contribution in [2.24, 2.45) is 0 Å². The Hall–Kier alpha value is -4.11. The Kier molecular flexibility index (Phi) is 7.17. The van der Waals surface area contributed by atoms with E-state index in [1.807, 2.05) is 51.4 Å². The molecule has 1 heterocycles. The van der Waals surface area contributed by atoms with Gasteiger partial charge in [0.15, 0.2) is 5.82 Å². The number of nitrogen functional groups attached to an aromatic ring is 1. The summed E-state index contributed by atoms with van der Waals surface area (Å²) in [6.45, 7) is 3.32. The molecule has 0 aliphatic rings. The fraction of sp³-hybridized carbons (Fsp3) is 0.231. The summed E-state index contributed by atoms with van der Waals surface area (Å²) in [6.07, 6.45) is 0.891. The van der Waals surface area contributed by atoms with Crippen LogP contribution in [0.3, 0.4) is 0 Å². The van der Waals surface area contributed by atoms with Gasteiger partial charge in [0.1, 0.15) is 17.1 Å². The first-order valence-corrected chi connectivity index (χ1v) is 11.3. The molecule has 0 unspecified atom stereocenters. The van der Waals surface area contributed by atoms with E-state index in [0.717, 1.165) is 35.1 Å². The van der Waals surface area contributed by atoms with Crippen LogP contribution in [0.5, 0.6) is 5.75 Å². The van der Waals surface area contributed by atoms with Gasteiger partial charge in [0.05, 0.1) is 18.0 Å². The lowest BCUT2D eigenvalue weighted by atomic mass is 10.2. The van der Waals surface area contributed by atoms with Crippen LogP contribution in [-0.4, -0.2) is 48.0 Å². The minimum atomic E-state index is -0.538. The van der Waals surface area contributed by atoms with Gasteiger partial charge in [0, 0.05) is 17.6 Å². The molecule has 0 aliphatic heterocycles. The molecule has 0 spiro atoms. The number of urea groups is 1. The standard InChI is InChI=1S/C26H29FN6O2/c1-17-8-13-21(27)22(16-17)30-26(34)29-18-9-11-19(12-10-18)33-24-20(25(28)31-33)6-4-7-23(24)35-15-5-14-32(2)3/h4,6-13,16H,5,14-15H2,1-3H3,(H2,28,31)(H2,29,30,34). The number of aryl methyl sites for hydroxylation is 1. The summed E-state index contributed by atoms with van der Waals surface area (Å²) in [5.74, 6) is 0.608. The lowest BCUT2D eigenvalue weighted by molar-refractivity contribution is 0.262. The molecule has 35 heavy (non-hydrogen) atoms. The molecule has 0 radical (unpaired) electrons. The number of amides is 2. The van der Waals surface area contributed by atoms with Gasteiger partial charge in [0.2, 0.25) is 0 Å². The lowest BCUT2D eigenvalue weighted by Gasteiger charge is -2.13. The number of hydrogen-bond donors (Lipinski definition) is 3. The van der Waals surface area contributed by atoms with Crippen molar-refractivity contribution in [1.82, 2.24) is 14.7 Å². The van der Waals surface area contributed by atoms with E-state index in [9.17, 15) is 9.18 Å². The first-order chi connectivity index (χ1) is 16.8. The highest BCUT2D eigenvalue weighted by Gasteiger charge is 2.15. The number of rotatable bonds is 8. The van der Waals surface area contributed by atoms with Crippen molar-refractivity contribution >= 4 is 34.1 Å². The van der Waals surface area contributed by atoms with Gasteiger partial charge in [-0.2, -0.15) is 0 Å². The van der Waals surface area contributed by atoms with Crippen molar-refractivity contribution in [3.05, 3.63) is 72.0 Å². The van der Waals surface area contributed by atoms with Crippen molar-refractivity contribution < 1.29 is 13.9 Å². The number of halogens is 1. The molecule has 0 saturated heterocycles. The number of nitrogens with zero attached hydrogens (tertiary/aromatic N) is 3. The Morgan fingerprint density at radius 1 is 1.11 bits per heavy atom. The Labute approximate surface area is 203 Å². The third-order valence-electron chi connectivity index (χ3n) is 5.44. The number of carbonyl (C=O) groups excluding carboxylic acids is 1. The van der Waals surface area contributed by atoms with Crippen molar-refractivity contribution in [3.63, 3.8) is 0 Å². The predicted octanol–water partition coefficient (Wildman–Crippen LogP) is 5.03. The van der Waals surface area contributed by atoms with Crippen molar-refractivity contribution in [1.29, 1.82) is 0 Å². The average molecular weight is 477 g/mol. The van der Waals surface area contributed by atoms with Crippen LogP contribution >= 0.6 is 0 Å². The SMILES string of the molecule is Cc1ccc(F)c(NC(=O)Nc2ccc(-n3nc(N)c4cccc(OCCCN(C)C)c43)cc2)c1. The molecule has 0 saturated carbocycles. The van der Waals surface area contributed by atoms with E-state index >= 15 is 0 Å². The molecule has 4 aromatic rings. The second-order valence-corrected chi connectivity index (χ2v) is 8.56. The van der Waals surface area contributed by atoms with Gasteiger partial charge in [-0.05, 0) is 81.5 Å². The number of fused-ring (bicyclic) bond motifs is 1. The monoisotopic (exact) mass is 476 g/mol. The van der Waals surface area contributed by atoms with Crippen LogP contribution < -0.4 is 21.1 Å². The maximum Gasteiger partial charge on any atom is 0.323 e. The van der Waals surface area contributed by atoms with Gasteiger partial charge in [-0.25, -0.2) is 13.9 Å². The zero-order valence-corrected chi connectivity index (χ0v) is 20.0. The number of aromatic nitrogens is 2. The van der Waals surface area contributed by atoms with Gasteiger partial charge in [0.25, 0.3) is 0 Å². The van der Waals surface area contributed by atoms with E-state index in [2.05, 4.69) is 20.6 Å². The zero-order chi connectivity index (χ0) is 24.9. The molecule has 2 amide bonds. The van der Waals surface area contributed by atoms with Crippen LogP contribution in [0.25, 0.3) is 16.6 Å². The van der Waals surface area contributed by atoms with Crippen LogP contribution in [-0.2, 0) is 0 Å². The second kappa shape index (κ2) is 10.4. The fourth-order valence-corrected chi connectivity index (χ4v) is 3.73. The molecule has 4 rings (SSSR count). The van der Waals surface area contributed by atoms with Crippen LogP contribution in [0.1, 0.15) is 12.0 Å². The third kappa shape index (κ3) is 5.70. The summed E-state index contributed by atoms with van der Waals surface area (Å²) < 4.78 is 21.7. The molecule has 8 nitrogen and oxygen atoms in total. The highest BCUT2D eigenvalue weighted by atomic mass is 19.1. The second-order valence-electron chi connectivity index (χ2n) is 8.56. The van der Waals surface area contributed by atoms with Gasteiger partial charge in [-0.3, -0.25) is 0 Å². The van der Waals surface area contributed by atoms with Crippen molar-refractivity contribution in [2.45, 2.75) is 13.3 Å².